The van der Waals surface area contributed by atoms with Crippen molar-refractivity contribution in [3.63, 3.8) is 0 Å². The molecule has 3 fully saturated rings. The zero-order valence-electron chi connectivity index (χ0n) is 14.3. The van der Waals surface area contributed by atoms with Gasteiger partial charge in [-0.15, -0.1) is 0 Å². The number of carbonyl (C=O) groups excluding carboxylic acids is 1. The number of carbonyl (C=O) groups is 1. The minimum Gasteiger partial charge on any atom is -0.330 e. The Bertz CT molecular complexity index is 761. The molecule has 3 aliphatic rings. The Balaban J connectivity index is 1.42. The molecule has 2 aromatic rings. The molecule has 1 aromatic heterocycles. The Morgan fingerprint density at radius 2 is 1.88 bits per heavy atom. The van der Waals surface area contributed by atoms with Gasteiger partial charge in [0.15, 0.2) is 0 Å². The van der Waals surface area contributed by atoms with E-state index in [1.807, 2.05) is 44.2 Å². The summed E-state index contributed by atoms with van der Waals surface area (Å²) in [6, 6.07) is 14.8. The molecule has 3 saturated heterocycles. The van der Waals surface area contributed by atoms with E-state index in [1.165, 1.54) is 0 Å². The van der Waals surface area contributed by atoms with Crippen molar-refractivity contribution in [1.82, 2.24) is 14.8 Å². The van der Waals surface area contributed by atoms with Crippen molar-refractivity contribution >= 4 is 5.91 Å². The Labute approximate surface area is 143 Å². The van der Waals surface area contributed by atoms with Gasteiger partial charge in [0, 0.05) is 43.0 Å². The Morgan fingerprint density at radius 3 is 2.58 bits per heavy atom. The van der Waals surface area contributed by atoms with Crippen LogP contribution in [0.25, 0.3) is 0 Å². The summed E-state index contributed by atoms with van der Waals surface area (Å²) in [4.78, 5) is 21.9. The number of pyridine rings is 1. The molecule has 1 aromatic carbocycles. The second-order valence-corrected chi connectivity index (χ2v) is 7.09. The number of hydrogen-bond acceptors (Lipinski definition) is 3. The van der Waals surface area contributed by atoms with E-state index in [0.29, 0.717) is 12.1 Å². The predicted octanol–water partition coefficient (Wildman–Crippen LogP) is 2.80. The number of amides is 1. The number of rotatable bonds is 3. The molecule has 2 unspecified atom stereocenters. The quantitative estimate of drug-likeness (QED) is 0.872. The summed E-state index contributed by atoms with van der Waals surface area (Å²) in [7, 11) is 0. The van der Waals surface area contributed by atoms with Crippen LogP contribution in [0.3, 0.4) is 0 Å². The minimum absolute atomic E-state index is 0.188. The summed E-state index contributed by atoms with van der Waals surface area (Å²) in [6.45, 7) is 6.83. The van der Waals surface area contributed by atoms with Crippen molar-refractivity contribution in [3.8, 4) is 0 Å². The molecule has 4 heterocycles. The third-order valence-electron chi connectivity index (χ3n) is 5.10. The smallest absolute Gasteiger partial charge is 0.254 e. The molecule has 5 rings (SSSR count). The molecule has 3 aliphatic heterocycles. The summed E-state index contributed by atoms with van der Waals surface area (Å²) >= 11 is 0. The van der Waals surface area contributed by atoms with Crippen LogP contribution in [0.2, 0.25) is 0 Å². The monoisotopic (exact) mass is 321 g/mol. The van der Waals surface area contributed by atoms with E-state index in [1.54, 1.807) is 0 Å². The summed E-state index contributed by atoms with van der Waals surface area (Å²) in [5, 5.41) is 0. The second kappa shape index (κ2) is 6.02. The van der Waals surface area contributed by atoms with E-state index in [-0.39, 0.29) is 5.91 Å². The van der Waals surface area contributed by atoms with Crippen molar-refractivity contribution < 1.29 is 4.79 Å². The van der Waals surface area contributed by atoms with Gasteiger partial charge >= 0.3 is 0 Å². The largest absolute Gasteiger partial charge is 0.330 e. The molecule has 24 heavy (non-hydrogen) atoms. The fourth-order valence-corrected chi connectivity index (χ4v) is 4.00. The standard InChI is InChI=1S/C20H23N3O/c1-14-5-3-7-16(9-14)20(24)23-18-10-19(23)13-22(12-18)11-17-8-4-6-15(2)21-17/h3-9,18-19H,10-13H2,1-2H3. The number of piperidine rings is 1. The molecule has 4 heteroatoms. The normalized spacial score (nSPS) is 23.0. The average Bonchev–Trinajstić information content (AvgIpc) is 2.55. The molecular formula is C20H23N3O. The Kier molecular flexibility index (Phi) is 3.85. The SMILES string of the molecule is Cc1cccc(C(=O)N2C3CC2CN(Cc2cccc(C)n2)C3)c1. The highest BCUT2D eigenvalue weighted by molar-refractivity contribution is 5.95. The number of aryl methyl sites for hydroxylation is 2. The zero-order chi connectivity index (χ0) is 16.7. The van der Waals surface area contributed by atoms with E-state index in [2.05, 4.69) is 26.9 Å². The van der Waals surface area contributed by atoms with Gasteiger partial charge in [-0.1, -0.05) is 23.8 Å². The zero-order valence-corrected chi connectivity index (χ0v) is 14.3. The maximum Gasteiger partial charge on any atom is 0.254 e. The molecule has 4 nitrogen and oxygen atoms in total. The highest BCUT2D eigenvalue weighted by Crippen LogP contribution is 2.34. The lowest BCUT2D eigenvalue weighted by atomic mass is 9.86. The molecule has 2 bridgehead atoms. The molecule has 0 radical (unpaired) electrons. The van der Waals surface area contributed by atoms with Gasteiger partial charge in [0.1, 0.15) is 0 Å². The first-order chi connectivity index (χ1) is 11.6. The van der Waals surface area contributed by atoms with Gasteiger partial charge in [-0.2, -0.15) is 0 Å². The number of nitrogens with zero attached hydrogens (tertiary/aromatic N) is 3. The number of hydrogen-bond donors (Lipinski definition) is 0. The van der Waals surface area contributed by atoms with Crippen LogP contribution in [0, 0.1) is 13.8 Å². The van der Waals surface area contributed by atoms with Gasteiger partial charge in [0.2, 0.25) is 0 Å². The summed E-state index contributed by atoms with van der Waals surface area (Å²) < 4.78 is 0. The third kappa shape index (κ3) is 2.82. The molecular weight excluding hydrogens is 298 g/mol. The molecule has 124 valence electrons. The van der Waals surface area contributed by atoms with E-state index in [4.69, 9.17) is 0 Å². The average molecular weight is 321 g/mol. The van der Waals surface area contributed by atoms with Crippen LogP contribution in [0.5, 0.6) is 0 Å². The van der Waals surface area contributed by atoms with E-state index in [0.717, 1.165) is 48.6 Å². The van der Waals surface area contributed by atoms with Crippen molar-refractivity contribution in [1.29, 1.82) is 0 Å². The van der Waals surface area contributed by atoms with Gasteiger partial charge in [-0.3, -0.25) is 14.7 Å². The maximum atomic E-state index is 12.8. The van der Waals surface area contributed by atoms with E-state index in [9.17, 15) is 4.79 Å². The van der Waals surface area contributed by atoms with Gasteiger partial charge in [0.25, 0.3) is 5.91 Å². The Hall–Kier alpha value is -2.20. The molecule has 0 saturated carbocycles. The number of aromatic nitrogens is 1. The maximum absolute atomic E-state index is 12.8. The molecule has 1 amide bonds. The summed E-state index contributed by atoms with van der Waals surface area (Å²) in [5.41, 5.74) is 4.14. The van der Waals surface area contributed by atoms with Crippen molar-refractivity contribution in [2.45, 2.75) is 38.9 Å². The third-order valence-corrected chi connectivity index (χ3v) is 5.10. The van der Waals surface area contributed by atoms with Crippen LogP contribution < -0.4 is 0 Å². The van der Waals surface area contributed by atoms with Crippen LogP contribution in [-0.4, -0.2) is 45.9 Å². The van der Waals surface area contributed by atoms with Gasteiger partial charge in [0.05, 0.1) is 5.69 Å². The van der Waals surface area contributed by atoms with Crippen LogP contribution in [-0.2, 0) is 6.54 Å². The number of piperazine rings is 1. The van der Waals surface area contributed by atoms with Gasteiger partial charge in [-0.25, -0.2) is 0 Å². The van der Waals surface area contributed by atoms with Crippen LogP contribution in [0.1, 0.15) is 33.7 Å². The lowest BCUT2D eigenvalue weighted by Gasteiger charge is -2.56. The first kappa shape index (κ1) is 15.3. The van der Waals surface area contributed by atoms with Crippen molar-refractivity contribution in [2.75, 3.05) is 13.1 Å². The lowest BCUT2D eigenvalue weighted by molar-refractivity contribution is -0.0503. The Morgan fingerprint density at radius 1 is 1.12 bits per heavy atom. The van der Waals surface area contributed by atoms with Gasteiger partial charge < -0.3 is 4.90 Å². The minimum atomic E-state index is 0.188. The number of fused-ring (bicyclic) bond motifs is 2. The van der Waals surface area contributed by atoms with Crippen molar-refractivity contribution in [3.05, 3.63) is 65.0 Å². The van der Waals surface area contributed by atoms with Crippen molar-refractivity contribution in [2.24, 2.45) is 0 Å². The highest BCUT2D eigenvalue weighted by Gasteiger charge is 2.47. The number of benzene rings is 1. The second-order valence-electron chi connectivity index (χ2n) is 7.09. The topological polar surface area (TPSA) is 36.4 Å². The molecule has 2 atom stereocenters. The summed E-state index contributed by atoms with van der Waals surface area (Å²) in [6.07, 6.45) is 1.13. The van der Waals surface area contributed by atoms with Crippen LogP contribution >= 0.6 is 0 Å². The molecule has 0 spiro atoms. The van der Waals surface area contributed by atoms with E-state index < -0.39 is 0 Å². The van der Waals surface area contributed by atoms with E-state index >= 15 is 0 Å². The fraction of sp³-hybridized carbons (Fsp3) is 0.400. The lowest BCUT2D eigenvalue weighted by Crippen LogP contribution is -2.69. The fourth-order valence-electron chi connectivity index (χ4n) is 4.00. The first-order valence-corrected chi connectivity index (χ1v) is 8.64. The molecule has 0 N–H and O–H groups in total. The predicted molar refractivity (Wildman–Crippen MR) is 93.8 cm³/mol. The molecule has 0 aliphatic carbocycles. The van der Waals surface area contributed by atoms with Crippen LogP contribution in [0.15, 0.2) is 42.5 Å². The highest BCUT2D eigenvalue weighted by atomic mass is 16.2. The van der Waals surface area contributed by atoms with Crippen LogP contribution in [0.4, 0.5) is 0 Å². The van der Waals surface area contributed by atoms with Gasteiger partial charge in [-0.05, 0) is 44.5 Å². The first-order valence-electron chi connectivity index (χ1n) is 8.64. The summed E-state index contributed by atoms with van der Waals surface area (Å²) in [5.74, 6) is 0.188.